The summed E-state index contributed by atoms with van der Waals surface area (Å²) in [6.45, 7) is 9.20. The van der Waals surface area contributed by atoms with Crippen molar-refractivity contribution in [3.05, 3.63) is 11.6 Å². The van der Waals surface area contributed by atoms with Crippen LogP contribution in [0.1, 0.15) is 85.5 Å². The summed E-state index contributed by atoms with van der Waals surface area (Å²) in [6, 6.07) is 0. The van der Waals surface area contributed by atoms with E-state index in [0.29, 0.717) is 41.9 Å². The van der Waals surface area contributed by atoms with Crippen LogP contribution >= 0.6 is 0 Å². The van der Waals surface area contributed by atoms with Gasteiger partial charge in [-0.3, -0.25) is 0 Å². The van der Waals surface area contributed by atoms with Gasteiger partial charge in [0.25, 0.3) is 0 Å². The molecule has 3 saturated carbocycles. The quantitative estimate of drug-likeness (QED) is 0.193. The summed E-state index contributed by atoms with van der Waals surface area (Å²) in [5, 5.41) is 72.7. The minimum absolute atomic E-state index is 0.0572. The van der Waals surface area contributed by atoms with Crippen molar-refractivity contribution < 1.29 is 64.2 Å². The molecule has 4 saturated heterocycles. The maximum absolute atomic E-state index is 11.1. The van der Waals surface area contributed by atoms with E-state index in [-0.39, 0.29) is 23.0 Å². The lowest BCUT2D eigenvalue weighted by Crippen LogP contribution is -2.65. The number of aliphatic hydroxyl groups excluding tert-OH is 7. The molecule has 0 aromatic rings. The molecule has 8 aliphatic rings. The Morgan fingerprint density at radius 3 is 2.21 bits per heavy atom. The molecule has 7 fully saturated rings. The maximum Gasteiger partial charge on any atom is 0.187 e. The second kappa shape index (κ2) is 14.0. The standard InChI is InChI=1S/C39H62O13/c1-18-7-12-39(47-17-18)19(2)28-25(52-39)14-24-22-6-5-20-13-21(8-10-37(20,3)23(22)9-11-38(24,28)4)48-35-33(46)31(44)34(27(16-41)50-35)51-36-32(45)30(43)29(42)26(15-40)49-36/h5,18-19,21-36,40-46H,6-17H2,1-4H3/t18-,19+,21+,22-,23+,24+,25+,26-,27-,28+,29-,30+,31-,32-,33-,34+,35-,36+,37+,38+,39-/m1/s1. The molecular weight excluding hydrogens is 676 g/mol. The van der Waals surface area contributed by atoms with E-state index in [1.165, 1.54) is 24.8 Å². The van der Waals surface area contributed by atoms with E-state index in [1.54, 1.807) is 0 Å². The largest absolute Gasteiger partial charge is 0.394 e. The molecule has 0 unspecified atom stereocenters. The number of ether oxygens (including phenoxy) is 6. The molecule has 7 N–H and O–H groups in total. The van der Waals surface area contributed by atoms with Gasteiger partial charge in [-0.15, -0.1) is 0 Å². The van der Waals surface area contributed by atoms with Gasteiger partial charge in [0, 0.05) is 12.3 Å². The third kappa shape index (κ3) is 5.90. The molecule has 0 amide bonds. The van der Waals surface area contributed by atoms with Crippen LogP contribution in [0.3, 0.4) is 0 Å². The van der Waals surface area contributed by atoms with Crippen LogP contribution in [-0.2, 0) is 28.4 Å². The first-order valence-electron chi connectivity index (χ1n) is 20.0. The van der Waals surface area contributed by atoms with Crippen molar-refractivity contribution in [2.45, 2.75) is 165 Å². The molecular formula is C39H62O13. The van der Waals surface area contributed by atoms with Crippen LogP contribution in [0.4, 0.5) is 0 Å². The Morgan fingerprint density at radius 2 is 1.50 bits per heavy atom. The van der Waals surface area contributed by atoms with Crippen LogP contribution in [0.5, 0.6) is 0 Å². The van der Waals surface area contributed by atoms with Crippen molar-refractivity contribution in [2.75, 3.05) is 19.8 Å². The monoisotopic (exact) mass is 738 g/mol. The van der Waals surface area contributed by atoms with Gasteiger partial charge in [0.2, 0.25) is 0 Å². The fourth-order valence-corrected chi connectivity index (χ4v) is 12.6. The Labute approximate surface area is 306 Å². The van der Waals surface area contributed by atoms with E-state index in [4.69, 9.17) is 28.4 Å². The molecule has 13 heteroatoms. The van der Waals surface area contributed by atoms with E-state index in [1.807, 2.05) is 0 Å². The van der Waals surface area contributed by atoms with Crippen molar-refractivity contribution in [1.29, 1.82) is 0 Å². The summed E-state index contributed by atoms with van der Waals surface area (Å²) >= 11 is 0. The highest BCUT2D eigenvalue weighted by Gasteiger charge is 2.68. The van der Waals surface area contributed by atoms with Crippen LogP contribution in [0.15, 0.2) is 11.6 Å². The Kier molecular flexibility index (Phi) is 10.3. The predicted octanol–water partition coefficient (Wildman–Crippen LogP) is 1.36. The molecule has 0 aromatic carbocycles. The molecule has 4 aliphatic carbocycles. The van der Waals surface area contributed by atoms with Crippen LogP contribution in [0, 0.1) is 46.3 Å². The molecule has 13 nitrogen and oxygen atoms in total. The Morgan fingerprint density at radius 1 is 0.788 bits per heavy atom. The summed E-state index contributed by atoms with van der Waals surface area (Å²) in [6.07, 6.45) is -3.06. The first kappa shape index (κ1) is 38.1. The average molecular weight is 739 g/mol. The molecule has 21 atom stereocenters. The van der Waals surface area contributed by atoms with Gasteiger partial charge < -0.3 is 64.2 Å². The number of aliphatic hydroxyl groups is 7. The Bertz CT molecular complexity index is 1320. The fourth-order valence-electron chi connectivity index (χ4n) is 12.6. The van der Waals surface area contributed by atoms with Crippen molar-refractivity contribution in [3.63, 3.8) is 0 Å². The number of fused-ring (bicyclic) bond motifs is 7. The summed E-state index contributed by atoms with van der Waals surface area (Å²) in [5.41, 5.74) is 1.70. The van der Waals surface area contributed by atoms with Crippen molar-refractivity contribution in [2.24, 2.45) is 46.3 Å². The van der Waals surface area contributed by atoms with Gasteiger partial charge in [0.05, 0.1) is 32.0 Å². The molecule has 0 aromatic heterocycles. The second-order valence-corrected chi connectivity index (χ2v) is 18.3. The lowest BCUT2D eigenvalue weighted by molar-refractivity contribution is -0.363. The zero-order valence-corrected chi connectivity index (χ0v) is 31.0. The Hall–Kier alpha value is -0.780. The molecule has 0 bridgehead atoms. The topological polar surface area (TPSA) is 197 Å². The smallest absolute Gasteiger partial charge is 0.187 e. The first-order chi connectivity index (χ1) is 24.7. The zero-order valence-electron chi connectivity index (χ0n) is 31.0. The van der Waals surface area contributed by atoms with E-state index in [9.17, 15) is 35.7 Å². The third-order valence-corrected chi connectivity index (χ3v) is 15.6. The second-order valence-electron chi connectivity index (χ2n) is 18.3. The summed E-state index contributed by atoms with van der Waals surface area (Å²) < 4.78 is 36.9. The van der Waals surface area contributed by atoms with E-state index in [0.717, 1.165) is 38.7 Å². The normalized spacial score (nSPS) is 57.5. The molecule has 1 spiro atoms. The number of allylic oxidation sites excluding steroid dienone is 1. The fraction of sp³-hybridized carbons (Fsp3) is 0.949. The minimum Gasteiger partial charge on any atom is -0.394 e. The summed E-state index contributed by atoms with van der Waals surface area (Å²) in [7, 11) is 0. The minimum atomic E-state index is -1.72. The summed E-state index contributed by atoms with van der Waals surface area (Å²) in [4.78, 5) is 0. The SMILES string of the molecule is C[C@@H]1CC[C@@]2(OC1)O[C@H]1C[C@H]3[C@@H]4CC=C5C[C@@H](O[C@@H]6O[C@H](CO)[C@H](O[C@@H]7O[C@H](CO)[C@@H](O)[C@H](O)[C@H]7O)[C@H](O)[C@H]6O)CC[C@]5(C)[C@H]4CC[C@]3(C)[C@H]1[C@@H]2C. The summed E-state index contributed by atoms with van der Waals surface area (Å²) in [5.74, 6) is 2.92. The van der Waals surface area contributed by atoms with Crippen LogP contribution in [0.25, 0.3) is 0 Å². The Balaban J connectivity index is 0.913. The molecule has 8 rings (SSSR count). The maximum atomic E-state index is 11.1. The highest BCUT2D eigenvalue weighted by Crippen LogP contribution is 2.70. The van der Waals surface area contributed by atoms with Crippen molar-refractivity contribution in [3.8, 4) is 0 Å². The van der Waals surface area contributed by atoms with Crippen molar-refractivity contribution in [1.82, 2.24) is 0 Å². The van der Waals surface area contributed by atoms with Gasteiger partial charge >= 0.3 is 0 Å². The average Bonchev–Trinajstić information content (AvgIpc) is 3.58. The van der Waals surface area contributed by atoms with Gasteiger partial charge in [-0.25, -0.2) is 0 Å². The number of rotatable bonds is 6. The lowest BCUT2D eigenvalue weighted by Gasteiger charge is -2.58. The van der Waals surface area contributed by atoms with Gasteiger partial charge in [-0.2, -0.15) is 0 Å². The highest BCUT2D eigenvalue weighted by atomic mass is 16.7. The number of hydrogen-bond donors (Lipinski definition) is 7. The van der Waals surface area contributed by atoms with Gasteiger partial charge in [0.1, 0.15) is 48.8 Å². The van der Waals surface area contributed by atoms with E-state index >= 15 is 0 Å². The molecule has 0 radical (unpaired) electrons. The molecule has 52 heavy (non-hydrogen) atoms. The number of hydrogen-bond acceptors (Lipinski definition) is 13. The van der Waals surface area contributed by atoms with E-state index < -0.39 is 80.4 Å². The third-order valence-electron chi connectivity index (χ3n) is 15.6. The van der Waals surface area contributed by atoms with Crippen LogP contribution < -0.4 is 0 Å². The van der Waals surface area contributed by atoms with Gasteiger partial charge in [-0.1, -0.05) is 39.3 Å². The first-order valence-corrected chi connectivity index (χ1v) is 20.0. The van der Waals surface area contributed by atoms with Crippen LogP contribution in [0.2, 0.25) is 0 Å². The molecule has 4 heterocycles. The highest BCUT2D eigenvalue weighted by molar-refractivity contribution is 5.26. The molecule has 296 valence electrons. The lowest BCUT2D eigenvalue weighted by atomic mass is 9.47. The van der Waals surface area contributed by atoms with Gasteiger partial charge in [0.15, 0.2) is 18.4 Å². The predicted molar refractivity (Wildman–Crippen MR) is 183 cm³/mol. The zero-order chi connectivity index (χ0) is 36.9. The van der Waals surface area contributed by atoms with Crippen molar-refractivity contribution >= 4 is 0 Å². The van der Waals surface area contributed by atoms with Crippen LogP contribution in [-0.4, -0.2) is 135 Å². The van der Waals surface area contributed by atoms with Gasteiger partial charge in [-0.05, 0) is 91.8 Å². The van der Waals surface area contributed by atoms with E-state index in [2.05, 4.69) is 33.8 Å². The molecule has 4 aliphatic heterocycles.